The van der Waals surface area contributed by atoms with Crippen molar-refractivity contribution in [1.29, 1.82) is 0 Å². The fourth-order valence-corrected chi connectivity index (χ4v) is 3.19. The van der Waals surface area contributed by atoms with Gasteiger partial charge in [0.15, 0.2) is 0 Å². The summed E-state index contributed by atoms with van der Waals surface area (Å²) in [5.41, 5.74) is 3.94. The monoisotopic (exact) mass is 445 g/mol. The lowest BCUT2D eigenvalue weighted by molar-refractivity contribution is -0.130. The van der Waals surface area contributed by atoms with Crippen LogP contribution in [0.2, 0.25) is 0 Å². The van der Waals surface area contributed by atoms with Crippen LogP contribution in [0.3, 0.4) is 0 Å². The zero-order chi connectivity index (χ0) is 23.8. The number of aliphatic hydroxyl groups is 6. The molecule has 0 saturated heterocycles. The van der Waals surface area contributed by atoms with Crippen molar-refractivity contribution in [3.05, 3.63) is 23.4 Å². The molecular formula is C19H31N3O9. The minimum Gasteiger partial charge on any atom is -0.394 e. The SMILES string of the molecule is CC(=O)N(CC(O)CO)C1=CC(CC(O)CO)(C(N)=O)CC(C(=O)NCC(O)CO)=C1. The number of nitrogens with two attached hydrogens (primary N) is 1. The lowest BCUT2D eigenvalue weighted by Crippen LogP contribution is -2.45. The van der Waals surface area contributed by atoms with Crippen LogP contribution >= 0.6 is 0 Å². The van der Waals surface area contributed by atoms with Crippen LogP contribution in [0.5, 0.6) is 0 Å². The first-order valence-electron chi connectivity index (χ1n) is 9.66. The van der Waals surface area contributed by atoms with E-state index in [9.17, 15) is 34.8 Å². The Morgan fingerprint density at radius 1 is 1.10 bits per heavy atom. The van der Waals surface area contributed by atoms with Gasteiger partial charge in [-0.3, -0.25) is 14.4 Å². The van der Waals surface area contributed by atoms with Crippen LogP contribution in [-0.2, 0) is 14.4 Å². The van der Waals surface area contributed by atoms with Crippen molar-refractivity contribution in [2.24, 2.45) is 11.1 Å². The Morgan fingerprint density at radius 3 is 2.16 bits per heavy atom. The highest BCUT2D eigenvalue weighted by Crippen LogP contribution is 2.39. The van der Waals surface area contributed by atoms with Gasteiger partial charge in [-0.1, -0.05) is 0 Å². The smallest absolute Gasteiger partial charge is 0.247 e. The number of nitrogens with one attached hydrogen (secondary N) is 1. The summed E-state index contributed by atoms with van der Waals surface area (Å²) >= 11 is 0. The number of carbonyl (C=O) groups is 3. The largest absolute Gasteiger partial charge is 0.394 e. The normalized spacial score (nSPS) is 21.4. The molecule has 0 fully saturated rings. The first-order chi connectivity index (χ1) is 14.5. The molecule has 0 aromatic heterocycles. The van der Waals surface area contributed by atoms with Crippen molar-refractivity contribution in [2.45, 2.75) is 38.1 Å². The lowest BCUT2D eigenvalue weighted by Gasteiger charge is -2.36. The molecule has 1 aliphatic rings. The highest BCUT2D eigenvalue weighted by atomic mass is 16.3. The molecule has 12 nitrogen and oxygen atoms in total. The van der Waals surface area contributed by atoms with E-state index in [1.54, 1.807) is 0 Å². The van der Waals surface area contributed by atoms with E-state index < -0.39 is 61.3 Å². The molecule has 0 saturated carbocycles. The molecule has 1 aliphatic carbocycles. The van der Waals surface area contributed by atoms with Crippen LogP contribution in [0.4, 0.5) is 0 Å². The molecular weight excluding hydrogens is 414 g/mol. The maximum absolute atomic E-state index is 12.6. The highest BCUT2D eigenvalue weighted by Gasteiger charge is 2.42. The van der Waals surface area contributed by atoms with Crippen LogP contribution in [0.15, 0.2) is 23.4 Å². The Hall–Kier alpha value is -2.35. The van der Waals surface area contributed by atoms with Crippen molar-refractivity contribution in [1.82, 2.24) is 10.2 Å². The zero-order valence-electron chi connectivity index (χ0n) is 17.3. The van der Waals surface area contributed by atoms with Gasteiger partial charge in [0.1, 0.15) is 0 Å². The average molecular weight is 445 g/mol. The van der Waals surface area contributed by atoms with Crippen molar-refractivity contribution in [2.75, 3.05) is 32.9 Å². The molecule has 176 valence electrons. The third-order valence-corrected chi connectivity index (χ3v) is 4.85. The molecule has 0 spiro atoms. The number of nitrogens with zero attached hydrogens (tertiary/aromatic N) is 1. The second kappa shape index (κ2) is 11.9. The molecule has 0 aromatic rings. The van der Waals surface area contributed by atoms with E-state index in [0.29, 0.717) is 0 Å². The van der Waals surface area contributed by atoms with E-state index in [1.807, 2.05) is 0 Å². The molecule has 4 atom stereocenters. The highest BCUT2D eigenvalue weighted by molar-refractivity contribution is 5.97. The van der Waals surface area contributed by atoms with Gasteiger partial charge in [-0.25, -0.2) is 0 Å². The second-order valence-corrected chi connectivity index (χ2v) is 7.49. The molecule has 0 aliphatic heterocycles. The minimum absolute atomic E-state index is 0.0173. The van der Waals surface area contributed by atoms with Crippen LogP contribution in [-0.4, -0.2) is 104 Å². The number of primary amides is 1. The predicted molar refractivity (Wildman–Crippen MR) is 107 cm³/mol. The molecule has 0 heterocycles. The van der Waals surface area contributed by atoms with Gasteiger partial charge >= 0.3 is 0 Å². The van der Waals surface area contributed by atoms with Gasteiger partial charge in [0.2, 0.25) is 17.7 Å². The fourth-order valence-electron chi connectivity index (χ4n) is 3.19. The first kappa shape index (κ1) is 26.7. The molecule has 9 N–H and O–H groups in total. The summed E-state index contributed by atoms with van der Waals surface area (Å²) in [6.07, 6.45) is -1.90. The second-order valence-electron chi connectivity index (χ2n) is 7.49. The Bertz CT molecular complexity index is 724. The van der Waals surface area contributed by atoms with Gasteiger partial charge in [-0.05, 0) is 25.0 Å². The van der Waals surface area contributed by atoms with E-state index in [-0.39, 0.29) is 37.2 Å². The number of aliphatic hydroxyl groups excluding tert-OH is 6. The molecule has 3 amide bonds. The molecule has 0 radical (unpaired) electrons. The number of hydrogen-bond donors (Lipinski definition) is 8. The third-order valence-electron chi connectivity index (χ3n) is 4.85. The molecule has 1 rings (SSSR count). The number of carbonyl (C=O) groups excluding carboxylic acids is 3. The van der Waals surface area contributed by atoms with Crippen LogP contribution in [0.25, 0.3) is 0 Å². The van der Waals surface area contributed by atoms with Gasteiger partial charge in [0.25, 0.3) is 0 Å². The van der Waals surface area contributed by atoms with Crippen LogP contribution < -0.4 is 11.1 Å². The Balaban J connectivity index is 3.44. The Labute approximate surface area is 179 Å². The summed E-state index contributed by atoms with van der Waals surface area (Å²) in [7, 11) is 0. The quantitative estimate of drug-likeness (QED) is 0.147. The molecule has 12 heteroatoms. The summed E-state index contributed by atoms with van der Waals surface area (Å²) in [6, 6.07) is 0. The van der Waals surface area contributed by atoms with Crippen LogP contribution in [0, 0.1) is 5.41 Å². The Morgan fingerprint density at radius 2 is 1.68 bits per heavy atom. The standard InChI is InChI=1S/C19H31N3O9/c1-11(26)22(7-16(29)10-25)13-2-12(17(30)21-6-15(28)9-24)3-19(4-13,18(20)31)5-14(27)8-23/h2,4,14-16,23-25,27-29H,3,5-10H2,1H3,(H2,20,31)(H,21,30). The topological polar surface area (TPSA) is 214 Å². The summed E-state index contributed by atoms with van der Waals surface area (Å²) < 4.78 is 0. The van der Waals surface area contributed by atoms with Gasteiger partial charge in [-0.15, -0.1) is 0 Å². The molecule has 31 heavy (non-hydrogen) atoms. The Kier molecular flexibility index (Phi) is 10.2. The van der Waals surface area contributed by atoms with E-state index >= 15 is 0 Å². The first-order valence-corrected chi connectivity index (χ1v) is 9.66. The van der Waals surface area contributed by atoms with E-state index in [0.717, 1.165) is 4.90 Å². The number of rotatable bonds is 12. The van der Waals surface area contributed by atoms with E-state index in [2.05, 4.69) is 5.32 Å². The third kappa shape index (κ3) is 7.38. The van der Waals surface area contributed by atoms with Crippen molar-refractivity contribution < 1.29 is 45.0 Å². The van der Waals surface area contributed by atoms with Crippen molar-refractivity contribution in [3.63, 3.8) is 0 Å². The van der Waals surface area contributed by atoms with Crippen LogP contribution in [0.1, 0.15) is 19.8 Å². The van der Waals surface area contributed by atoms with E-state index in [4.69, 9.17) is 15.9 Å². The number of allylic oxidation sites excluding steroid dienone is 1. The van der Waals surface area contributed by atoms with Gasteiger partial charge in [0.05, 0.1) is 50.1 Å². The van der Waals surface area contributed by atoms with E-state index in [1.165, 1.54) is 19.1 Å². The minimum atomic E-state index is -1.65. The summed E-state index contributed by atoms with van der Waals surface area (Å²) in [5, 5.41) is 58.8. The number of amides is 3. The zero-order valence-corrected chi connectivity index (χ0v) is 17.3. The summed E-state index contributed by atoms with van der Waals surface area (Å²) in [6.45, 7) is -1.35. The van der Waals surface area contributed by atoms with Crippen molar-refractivity contribution in [3.8, 4) is 0 Å². The maximum atomic E-state index is 12.6. The van der Waals surface area contributed by atoms with Gasteiger partial charge < -0.3 is 46.6 Å². The molecule has 4 unspecified atom stereocenters. The average Bonchev–Trinajstić information content (AvgIpc) is 2.74. The summed E-state index contributed by atoms with van der Waals surface area (Å²) in [4.78, 5) is 38.3. The van der Waals surface area contributed by atoms with Crippen molar-refractivity contribution >= 4 is 17.7 Å². The number of hydrogen-bond acceptors (Lipinski definition) is 9. The lowest BCUT2D eigenvalue weighted by atomic mass is 9.72. The summed E-state index contributed by atoms with van der Waals surface area (Å²) in [5.74, 6) is -2.20. The maximum Gasteiger partial charge on any atom is 0.247 e. The molecule has 0 aromatic carbocycles. The fraction of sp³-hybridized carbons (Fsp3) is 0.632. The van der Waals surface area contributed by atoms with Gasteiger partial charge in [-0.2, -0.15) is 0 Å². The van der Waals surface area contributed by atoms with Gasteiger partial charge in [0, 0.05) is 24.7 Å². The predicted octanol–water partition coefficient (Wildman–Crippen LogP) is -3.91. The molecule has 0 bridgehead atoms.